The van der Waals surface area contributed by atoms with Crippen LogP contribution in [0.2, 0.25) is 0 Å². The van der Waals surface area contributed by atoms with Crippen LogP contribution in [0, 0.1) is 0 Å². The van der Waals surface area contributed by atoms with Crippen molar-refractivity contribution in [3.05, 3.63) is 53.3 Å². The maximum atomic E-state index is 13.1. The van der Waals surface area contributed by atoms with Crippen molar-refractivity contribution < 1.29 is 4.79 Å². The number of hydrogen-bond acceptors (Lipinski definition) is 5. The third kappa shape index (κ3) is 2.19. The molecule has 116 valence electrons. The van der Waals surface area contributed by atoms with Gasteiger partial charge in [-0.3, -0.25) is 9.78 Å². The van der Waals surface area contributed by atoms with Gasteiger partial charge in [-0.05, 0) is 36.7 Å². The van der Waals surface area contributed by atoms with Crippen LogP contribution >= 0.6 is 0 Å². The van der Waals surface area contributed by atoms with Crippen molar-refractivity contribution >= 4 is 22.9 Å². The molecule has 3 aromatic rings. The van der Waals surface area contributed by atoms with E-state index in [9.17, 15) is 4.79 Å². The largest absolute Gasteiger partial charge is 0.369 e. The van der Waals surface area contributed by atoms with E-state index in [0.29, 0.717) is 5.56 Å². The summed E-state index contributed by atoms with van der Waals surface area (Å²) in [7, 11) is 2.07. The van der Waals surface area contributed by atoms with Crippen LogP contribution < -0.4 is 5.73 Å². The first kappa shape index (κ1) is 13.9. The minimum Gasteiger partial charge on any atom is -0.369 e. The van der Waals surface area contributed by atoms with Crippen LogP contribution in [0.4, 0.5) is 5.95 Å². The Morgan fingerprint density at radius 3 is 2.96 bits per heavy atom. The summed E-state index contributed by atoms with van der Waals surface area (Å²) < 4.78 is 1.48. The Kier molecular flexibility index (Phi) is 3.12. The number of aromatic nitrogens is 3. The van der Waals surface area contributed by atoms with Gasteiger partial charge in [0, 0.05) is 25.5 Å². The molecule has 1 aliphatic heterocycles. The quantitative estimate of drug-likeness (QED) is 0.740. The lowest BCUT2D eigenvalue weighted by molar-refractivity contribution is 0.0964. The lowest BCUT2D eigenvalue weighted by Crippen LogP contribution is -2.29. The smallest absolute Gasteiger partial charge is 0.267 e. The SMILES string of the molecule is CN1CCc2c(cncc2C(=O)n2c(N)nc3ccccc32)C1. The first-order valence-corrected chi connectivity index (χ1v) is 7.57. The fourth-order valence-electron chi connectivity index (χ4n) is 3.20. The molecule has 0 saturated carbocycles. The molecule has 0 spiro atoms. The Balaban J connectivity index is 1.87. The third-order valence-electron chi connectivity index (χ3n) is 4.35. The van der Waals surface area contributed by atoms with Gasteiger partial charge in [0.1, 0.15) is 0 Å². The molecule has 0 atom stereocenters. The Morgan fingerprint density at radius 1 is 1.26 bits per heavy atom. The Labute approximate surface area is 133 Å². The highest BCUT2D eigenvalue weighted by molar-refractivity contribution is 6.04. The zero-order valence-corrected chi connectivity index (χ0v) is 12.9. The van der Waals surface area contributed by atoms with Gasteiger partial charge < -0.3 is 10.6 Å². The summed E-state index contributed by atoms with van der Waals surface area (Å²) >= 11 is 0. The zero-order chi connectivity index (χ0) is 16.0. The second-order valence-corrected chi connectivity index (χ2v) is 5.91. The summed E-state index contributed by atoms with van der Waals surface area (Å²) in [5, 5.41) is 0. The molecule has 0 amide bonds. The van der Waals surface area contributed by atoms with Gasteiger partial charge in [-0.2, -0.15) is 0 Å². The minimum absolute atomic E-state index is 0.162. The lowest BCUT2D eigenvalue weighted by Gasteiger charge is -2.26. The average Bonchev–Trinajstić information content (AvgIpc) is 2.89. The van der Waals surface area contributed by atoms with E-state index in [2.05, 4.69) is 21.9 Å². The highest BCUT2D eigenvalue weighted by atomic mass is 16.2. The van der Waals surface area contributed by atoms with Crippen LogP contribution in [0.3, 0.4) is 0 Å². The first-order chi connectivity index (χ1) is 11.1. The van der Waals surface area contributed by atoms with Gasteiger partial charge in [0.05, 0.1) is 16.6 Å². The maximum absolute atomic E-state index is 13.1. The molecule has 0 aliphatic carbocycles. The van der Waals surface area contributed by atoms with E-state index in [1.165, 1.54) is 4.57 Å². The molecule has 0 unspecified atom stereocenters. The number of likely N-dealkylation sites (N-methyl/N-ethyl adjacent to an activating group) is 1. The van der Waals surface area contributed by atoms with Gasteiger partial charge in [-0.1, -0.05) is 12.1 Å². The molecule has 0 bridgehead atoms. The molecule has 6 nitrogen and oxygen atoms in total. The molecule has 2 aromatic heterocycles. The Bertz CT molecular complexity index is 914. The second kappa shape index (κ2) is 5.17. The average molecular weight is 307 g/mol. The van der Waals surface area contributed by atoms with Gasteiger partial charge in [0.2, 0.25) is 5.95 Å². The highest BCUT2D eigenvalue weighted by Gasteiger charge is 2.23. The fourth-order valence-corrected chi connectivity index (χ4v) is 3.20. The van der Waals surface area contributed by atoms with Crippen LogP contribution in [-0.2, 0) is 13.0 Å². The zero-order valence-electron chi connectivity index (χ0n) is 12.9. The summed E-state index contributed by atoms with van der Waals surface area (Å²) in [5.74, 6) is 0.0480. The minimum atomic E-state index is -0.162. The van der Waals surface area contributed by atoms with Crippen LogP contribution in [0.1, 0.15) is 21.5 Å². The van der Waals surface area contributed by atoms with E-state index < -0.39 is 0 Å². The van der Waals surface area contributed by atoms with E-state index in [1.54, 1.807) is 6.20 Å². The van der Waals surface area contributed by atoms with Gasteiger partial charge in [0.25, 0.3) is 5.91 Å². The van der Waals surface area contributed by atoms with E-state index in [0.717, 1.165) is 41.7 Å². The van der Waals surface area contributed by atoms with Crippen LogP contribution in [-0.4, -0.2) is 38.9 Å². The van der Waals surface area contributed by atoms with E-state index in [-0.39, 0.29) is 11.9 Å². The standard InChI is InChI=1S/C17H17N5O/c1-21-7-6-12-11(10-21)8-19-9-13(12)16(23)22-15-5-3-2-4-14(15)20-17(22)18/h2-5,8-9H,6-7,10H2,1H3,(H2,18,20). The first-order valence-electron chi connectivity index (χ1n) is 7.57. The molecule has 4 rings (SSSR count). The van der Waals surface area contributed by atoms with Crippen molar-refractivity contribution in [3.63, 3.8) is 0 Å². The van der Waals surface area contributed by atoms with Crippen LogP contribution in [0.5, 0.6) is 0 Å². The van der Waals surface area contributed by atoms with E-state index >= 15 is 0 Å². The lowest BCUT2D eigenvalue weighted by atomic mass is 9.97. The van der Waals surface area contributed by atoms with Crippen molar-refractivity contribution in [3.8, 4) is 0 Å². The van der Waals surface area contributed by atoms with Crippen molar-refractivity contribution in [2.75, 3.05) is 19.3 Å². The van der Waals surface area contributed by atoms with Crippen LogP contribution in [0.25, 0.3) is 11.0 Å². The third-order valence-corrected chi connectivity index (χ3v) is 4.35. The number of benzene rings is 1. The Hall–Kier alpha value is -2.73. The predicted molar refractivity (Wildman–Crippen MR) is 88.1 cm³/mol. The number of fused-ring (bicyclic) bond motifs is 2. The van der Waals surface area contributed by atoms with E-state index in [1.807, 2.05) is 30.5 Å². The highest BCUT2D eigenvalue weighted by Crippen LogP contribution is 2.24. The summed E-state index contributed by atoms with van der Waals surface area (Å²) in [6.07, 6.45) is 4.32. The number of carbonyl (C=O) groups excluding carboxylic acids is 1. The van der Waals surface area contributed by atoms with Crippen molar-refractivity contribution in [2.24, 2.45) is 0 Å². The summed E-state index contributed by atoms with van der Waals surface area (Å²) in [6.45, 7) is 1.74. The van der Waals surface area contributed by atoms with Gasteiger partial charge in [-0.15, -0.1) is 0 Å². The molecule has 23 heavy (non-hydrogen) atoms. The second-order valence-electron chi connectivity index (χ2n) is 5.91. The number of nitrogen functional groups attached to an aromatic ring is 1. The predicted octanol–water partition coefficient (Wildman–Crippen LogP) is 1.69. The fraction of sp³-hybridized carbons (Fsp3) is 0.235. The van der Waals surface area contributed by atoms with Gasteiger partial charge in [-0.25, -0.2) is 9.55 Å². The normalized spacial score (nSPS) is 14.8. The van der Waals surface area contributed by atoms with Crippen molar-refractivity contribution in [2.45, 2.75) is 13.0 Å². The number of nitrogens with zero attached hydrogens (tertiary/aromatic N) is 4. The topological polar surface area (TPSA) is 77.0 Å². The van der Waals surface area contributed by atoms with Gasteiger partial charge >= 0.3 is 0 Å². The molecule has 3 heterocycles. The molecule has 0 saturated heterocycles. The summed E-state index contributed by atoms with van der Waals surface area (Å²) in [6, 6.07) is 7.46. The molecular formula is C17H17N5O. The van der Waals surface area contributed by atoms with Gasteiger partial charge in [0.15, 0.2) is 0 Å². The molecular weight excluding hydrogens is 290 g/mol. The number of anilines is 1. The molecule has 1 aliphatic rings. The number of imidazole rings is 1. The number of hydrogen-bond donors (Lipinski definition) is 1. The monoisotopic (exact) mass is 307 g/mol. The van der Waals surface area contributed by atoms with Crippen molar-refractivity contribution in [1.82, 2.24) is 19.4 Å². The number of carbonyl (C=O) groups is 1. The number of para-hydroxylation sites is 2. The number of nitrogens with two attached hydrogens (primary N) is 1. The van der Waals surface area contributed by atoms with Crippen molar-refractivity contribution in [1.29, 1.82) is 0 Å². The van der Waals surface area contributed by atoms with Crippen LogP contribution in [0.15, 0.2) is 36.7 Å². The number of pyridine rings is 1. The molecule has 2 N–H and O–H groups in total. The number of rotatable bonds is 1. The molecule has 1 aromatic carbocycles. The molecule has 6 heteroatoms. The summed E-state index contributed by atoms with van der Waals surface area (Å²) in [4.78, 5) is 23.8. The Morgan fingerprint density at radius 2 is 2.09 bits per heavy atom. The van der Waals surface area contributed by atoms with E-state index in [4.69, 9.17) is 5.73 Å². The molecule has 0 fully saturated rings. The molecule has 0 radical (unpaired) electrons. The maximum Gasteiger partial charge on any atom is 0.267 e. The summed E-state index contributed by atoms with van der Waals surface area (Å²) in [5.41, 5.74) is 10.2.